The fraction of sp³-hybridized carbons (Fsp3) is 0.405. The van der Waals surface area contributed by atoms with Crippen molar-refractivity contribution >= 4 is 30.2 Å². The number of nitrogens with zero attached hydrogens (tertiary/aromatic N) is 4. The Morgan fingerprint density at radius 2 is 1.58 bits per heavy atom. The van der Waals surface area contributed by atoms with E-state index >= 15 is 4.39 Å². The standard InChI is InChI=1S/C42H50FN7O5/c1-26(2)36(48-40(52)54-6)39(51)49-21-11-17-34(49)38-45-25-33(47-38)28-20-19-27(31(23-28)30-15-9-10-16-32(30)43)13-7-8-14-29-24-44-37(46-29)35-18-12-22-50(35)41(53)55-42(3,4)5/h7-10,13-16,19-20,23-26,34-36H,11-12,17-18,21-22H2,1-6H3,(H,44,46)(H,45,47)(H,48,52)/t34-,35-,36-/m0/s1. The second kappa shape index (κ2) is 16.7. The fourth-order valence-corrected chi connectivity index (χ4v) is 7.14. The Labute approximate surface area is 321 Å². The van der Waals surface area contributed by atoms with Gasteiger partial charge in [-0.1, -0.05) is 62.4 Å². The van der Waals surface area contributed by atoms with Crippen molar-refractivity contribution in [2.24, 2.45) is 5.92 Å². The van der Waals surface area contributed by atoms with Crippen LogP contribution in [0.25, 0.3) is 34.5 Å². The number of likely N-dealkylation sites (tertiary alicyclic amines) is 2. The first-order chi connectivity index (χ1) is 26.3. The average molecular weight is 752 g/mol. The quantitative estimate of drug-likeness (QED) is 0.138. The highest BCUT2D eigenvalue weighted by molar-refractivity contribution is 5.86. The SMILES string of the molecule is COC(=O)N[C@H](C(=O)N1CCC[C@H]1c1ncc(-c2ccc(C=CC=Cc3cnc([C@@H]4CCCN4C(=O)OC(C)(C)C)[nH]3)c(-c3ccccc3F)c2)[nH]1)C(C)C. The molecule has 0 aliphatic carbocycles. The molecule has 290 valence electrons. The number of amides is 3. The zero-order valence-corrected chi connectivity index (χ0v) is 32.3. The lowest BCUT2D eigenvalue weighted by atomic mass is 9.95. The lowest BCUT2D eigenvalue weighted by Crippen LogP contribution is -2.51. The number of nitrogens with one attached hydrogen (secondary N) is 3. The van der Waals surface area contributed by atoms with Crippen LogP contribution in [-0.4, -0.2) is 79.7 Å². The van der Waals surface area contributed by atoms with E-state index in [4.69, 9.17) is 9.47 Å². The van der Waals surface area contributed by atoms with Crippen LogP contribution in [0, 0.1) is 11.7 Å². The van der Waals surface area contributed by atoms with Crippen LogP contribution in [0.5, 0.6) is 0 Å². The van der Waals surface area contributed by atoms with Crippen LogP contribution in [0.15, 0.2) is 67.0 Å². The Kier molecular flexibility index (Phi) is 11.9. The third kappa shape index (κ3) is 9.15. The summed E-state index contributed by atoms with van der Waals surface area (Å²) in [4.78, 5) is 57.9. The number of hydrogen-bond donors (Lipinski definition) is 3. The van der Waals surface area contributed by atoms with E-state index < -0.39 is 17.7 Å². The first kappa shape index (κ1) is 39.0. The number of imidazole rings is 2. The molecular weight excluding hydrogens is 702 g/mol. The molecule has 3 atom stereocenters. The predicted molar refractivity (Wildman–Crippen MR) is 209 cm³/mol. The number of carbonyl (C=O) groups excluding carboxylic acids is 3. The molecule has 2 fully saturated rings. The van der Waals surface area contributed by atoms with E-state index in [2.05, 4.69) is 25.3 Å². The van der Waals surface area contributed by atoms with Crippen molar-refractivity contribution in [1.82, 2.24) is 35.1 Å². The maximum absolute atomic E-state index is 15.3. The minimum absolute atomic E-state index is 0.140. The number of halogens is 1. The normalized spacial score (nSPS) is 18.1. The minimum Gasteiger partial charge on any atom is -0.453 e. The topological polar surface area (TPSA) is 146 Å². The monoisotopic (exact) mass is 751 g/mol. The van der Waals surface area contributed by atoms with Gasteiger partial charge in [0.25, 0.3) is 0 Å². The summed E-state index contributed by atoms with van der Waals surface area (Å²) in [6.45, 7) is 10.5. The molecule has 4 heterocycles. The number of hydrogen-bond acceptors (Lipinski definition) is 7. The van der Waals surface area contributed by atoms with Gasteiger partial charge in [0, 0.05) is 24.2 Å². The molecule has 3 N–H and O–H groups in total. The molecular formula is C42H50FN7O5. The summed E-state index contributed by atoms with van der Waals surface area (Å²) in [7, 11) is 1.27. The Balaban J connectivity index is 1.20. The highest BCUT2D eigenvalue weighted by Crippen LogP contribution is 2.36. The average Bonchev–Trinajstić information content (AvgIpc) is 3.98. The van der Waals surface area contributed by atoms with Gasteiger partial charge in [0.1, 0.15) is 29.1 Å². The number of allylic oxidation sites excluding steroid dienone is 2. The number of aromatic amines is 2. The van der Waals surface area contributed by atoms with Crippen molar-refractivity contribution in [1.29, 1.82) is 0 Å². The number of alkyl carbamates (subject to hydrolysis) is 1. The summed E-state index contributed by atoms with van der Waals surface area (Å²) in [6, 6.07) is 11.3. The smallest absolute Gasteiger partial charge is 0.410 e. The lowest BCUT2D eigenvalue weighted by Gasteiger charge is -2.30. The summed E-state index contributed by atoms with van der Waals surface area (Å²) in [5, 5.41) is 2.68. The summed E-state index contributed by atoms with van der Waals surface area (Å²) in [5.74, 6) is 0.704. The molecule has 3 amide bonds. The van der Waals surface area contributed by atoms with Crippen LogP contribution in [0.2, 0.25) is 0 Å². The van der Waals surface area contributed by atoms with Gasteiger partial charge in [0.05, 0.1) is 43.0 Å². The van der Waals surface area contributed by atoms with Crippen molar-refractivity contribution in [3.63, 3.8) is 0 Å². The number of rotatable bonds is 10. The minimum atomic E-state index is -0.730. The third-order valence-corrected chi connectivity index (χ3v) is 9.84. The lowest BCUT2D eigenvalue weighted by molar-refractivity contribution is -0.135. The summed E-state index contributed by atoms with van der Waals surface area (Å²) < 4.78 is 25.6. The van der Waals surface area contributed by atoms with Crippen LogP contribution in [0.3, 0.4) is 0 Å². The van der Waals surface area contributed by atoms with Crippen molar-refractivity contribution in [3.05, 3.63) is 95.7 Å². The second-order valence-electron chi connectivity index (χ2n) is 15.3. The van der Waals surface area contributed by atoms with Crippen molar-refractivity contribution in [2.45, 2.75) is 84.0 Å². The Hall–Kier alpha value is -5.72. The molecule has 0 bridgehead atoms. The first-order valence-corrected chi connectivity index (χ1v) is 18.8. The maximum Gasteiger partial charge on any atom is 0.410 e. The molecule has 2 aliphatic heterocycles. The number of carbonyl (C=O) groups is 3. The molecule has 13 heteroatoms. The molecule has 2 aliphatic rings. The maximum atomic E-state index is 15.3. The molecule has 12 nitrogen and oxygen atoms in total. The van der Waals surface area contributed by atoms with Crippen molar-refractivity contribution in [3.8, 4) is 22.4 Å². The zero-order chi connectivity index (χ0) is 39.3. The molecule has 6 rings (SSSR count). The van der Waals surface area contributed by atoms with Gasteiger partial charge in [-0.2, -0.15) is 0 Å². The van der Waals surface area contributed by atoms with Gasteiger partial charge in [-0.3, -0.25) is 9.69 Å². The number of aromatic nitrogens is 4. The Bertz CT molecular complexity index is 2060. The van der Waals surface area contributed by atoms with Crippen LogP contribution in [0.4, 0.5) is 14.0 Å². The molecule has 2 aromatic carbocycles. The van der Waals surface area contributed by atoms with Crippen LogP contribution < -0.4 is 5.32 Å². The van der Waals surface area contributed by atoms with Gasteiger partial charge in [-0.25, -0.2) is 23.9 Å². The number of ether oxygens (including phenoxy) is 2. The number of benzene rings is 2. The van der Waals surface area contributed by atoms with E-state index in [9.17, 15) is 14.4 Å². The van der Waals surface area contributed by atoms with Crippen LogP contribution in [-0.2, 0) is 14.3 Å². The van der Waals surface area contributed by atoms with Gasteiger partial charge in [0.2, 0.25) is 5.91 Å². The molecule has 0 radical (unpaired) electrons. The Morgan fingerprint density at radius 1 is 0.909 bits per heavy atom. The molecule has 0 unspecified atom stereocenters. The Morgan fingerprint density at radius 3 is 2.29 bits per heavy atom. The van der Waals surface area contributed by atoms with Crippen LogP contribution >= 0.6 is 0 Å². The largest absolute Gasteiger partial charge is 0.453 e. The van der Waals surface area contributed by atoms with E-state index in [1.165, 1.54) is 13.2 Å². The van der Waals surface area contributed by atoms with Gasteiger partial charge >= 0.3 is 12.2 Å². The zero-order valence-electron chi connectivity index (χ0n) is 32.3. The first-order valence-electron chi connectivity index (χ1n) is 18.8. The fourth-order valence-electron chi connectivity index (χ4n) is 7.14. The third-order valence-electron chi connectivity index (χ3n) is 9.84. The highest BCUT2D eigenvalue weighted by atomic mass is 19.1. The summed E-state index contributed by atoms with van der Waals surface area (Å²) in [5.41, 5.74) is 3.74. The molecule has 0 spiro atoms. The highest BCUT2D eigenvalue weighted by Gasteiger charge is 2.38. The van der Waals surface area contributed by atoms with E-state index in [0.29, 0.717) is 35.9 Å². The van der Waals surface area contributed by atoms with Crippen LogP contribution in [0.1, 0.15) is 95.3 Å². The van der Waals surface area contributed by atoms with Gasteiger partial charge in [-0.15, -0.1) is 0 Å². The van der Waals surface area contributed by atoms with Gasteiger partial charge < -0.3 is 29.7 Å². The van der Waals surface area contributed by atoms with Gasteiger partial charge in [-0.05, 0) is 81.7 Å². The summed E-state index contributed by atoms with van der Waals surface area (Å²) in [6.07, 6.45) is 13.3. The van der Waals surface area contributed by atoms with Gasteiger partial charge in [0.15, 0.2) is 0 Å². The van der Waals surface area contributed by atoms with E-state index in [0.717, 1.165) is 48.2 Å². The van der Waals surface area contributed by atoms with E-state index in [1.807, 2.05) is 83.2 Å². The number of H-pyrrole nitrogens is 2. The molecule has 0 saturated carbocycles. The number of methoxy groups -OCH3 is 1. The predicted octanol–water partition coefficient (Wildman–Crippen LogP) is 8.45. The second-order valence-corrected chi connectivity index (χ2v) is 15.3. The van der Waals surface area contributed by atoms with Crippen molar-refractivity contribution < 1.29 is 28.2 Å². The molecule has 4 aromatic rings. The molecule has 2 aromatic heterocycles. The van der Waals surface area contributed by atoms with Crippen molar-refractivity contribution in [2.75, 3.05) is 20.2 Å². The summed E-state index contributed by atoms with van der Waals surface area (Å²) >= 11 is 0. The molecule has 55 heavy (non-hydrogen) atoms. The van der Waals surface area contributed by atoms with E-state index in [1.54, 1.807) is 34.3 Å². The van der Waals surface area contributed by atoms with E-state index in [-0.39, 0.29) is 35.8 Å². The molecule has 2 saturated heterocycles.